The maximum absolute atomic E-state index is 13.4. The van der Waals surface area contributed by atoms with Gasteiger partial charge in [0.2, 0.25) is 17.7 Å². The van der Waals surface area contributed by atoms with E-state index in [1.807, 2.05) is 0 Å². The molecule has 0 aliphatic heterocycles. The first-order chi connectivity index (χ1) is 40.0. The normalized spacial score (nSPS) is 24.1. The first kappa shape index (κ1) is 71.5. The third-order valence-electron chi connectivity index (χ3n) is 19.3. The summed E-state index contributed by atoms with van der Waals surface area (Å²) < 4.78 is 6.18. The van der Waals surface area contributed by atoms with E-state index in [1.54, 1.807) is 0 Å². The molecule has 23 heteroatoms. The fourth-order valence-corrected chi connectivity index (χ4v) is 14.6. The number of fused-ring (bicyclic) bond motifs is 5. The molecule has 3 fully saturated rings. The lowest BCUT2D eigenvalue weighted by Gasteiger charge is -2.58. The number of amides is 4. The highest BCUT2D eigenvalue weighted by Gasteiger charge is 2.59. The number of nitrogens with two attached hydrogens (primary N) is 6. The van der Waals surface area contributed by atoms with Gasteiger partial charge in [-0.2, -0.15) is 0 Å². The van der Waals surface area contributed by atoms with Crippen LogP contribution in [0.4, 0.5) is 4.79 Å². The molecule has 0 bridgehead atoms. The van der Waals surface area contributed by atoms with Gasteiger partial charge in [0.1, 0.15) is 6.10 Å². The van der Waals surface area contributed by atoms with E-state index in [9.17, 15) is 19.2 Å². The highest BCUT2D eigenvalue weighted by molar-refractivity contribution is 5.82. The maximum Gasteiger partial charge on any atom is 0.407 e. The maximum atomic E-state index is 13.4. The van der Waals surface area contributed by atoms with Crippen molar-refractivity contribution >= 4 is 41.7 Å². The fraction of sp³-hybridized carbons (Fsp3) is 0.852. The molecule has 0 spiro atoms. The van der Waals surface area contributed by atoms with E-state index in [0.717, 1.165) is 74.9 Å². The van der Waals surface area contributed by atoms with Crippen LogP contribution in [0.1, 0.15) is 176 Å². The number of carbonyl (C=O) groups is 4. The van der Waals surface area contributed by atoms with Crippen LogP contribution in [-0.4, -0.2) is 161 Å². The quantitative estimate of drug-likeness (QED) is 0.0179. The van der Waals surface area contributed by atoms with Crippen molar-refractivity contribution in [3.63, 3.8) is 0 Å². The Bertz CT molecular complexity index is 2020. The number of rotatable bonds is 41. The summed E-state index contributed by atoms with van der Waals surface area (Å²) in [6.07, 6.45) is 22.3. The van der Waals surface area contributed by atoms with Crippen molar-refractivity contribution in [1.82, 2.24) is 47.0 Å². The second-order valence-electron chi connectivity index (χ2n) is 26.1. The van der Waals surface area contributed by atoms with Crippen molar-refractivity contribution in [3.8, 4) is 0 Å². The summed E-state index contributed by atoms with van der Waals surface area (Å²) >= 11 is 0. The molecule has 11 atom stereocenters. The largest absolute Gasteiger partial charge is 0.446 e. The van der Waals surface area contributed by atoms with Crippen LogP contribution >= 0.6 is 0 Å². The van der Waals surface area contributed by atoms with E-state index in [-0.39, 0.29) is 53.2 Å². The Labute approximate surface area is 504 Å². The van der Waals surface area contributed by atoms with Gasteiger partial charge in [-0.25, -0.2) is 4.79 Å². The number of hydrogen-bond donors (Lipinski definition) is 16. The topological polar surface area (TPSA) is 396 Å². The first-order valence-electron chi connectivity index (χ1n) is 32.5. The van der Waals surface area contributed by atoms with Gasteiger partial charge in [0.25, 0.3) is 0 Å². The summed E-state index contributed by atoms with van der Waals surface area (Å²) in [5, 5.41) is 42.2. The second-order valence-corrected chi connectivity index (χ2v) is 26.1. The molecule has 4 rings (SSSR count). The number of ether oxygens (including phenoxy) is 1. The van der Waals surface area contributed by atoms with E-state index in [2.05, 4.69) is 87.7 Å². The van der Waals surface area contributed by atoms with E-state index < -0.39 is 18.1 Å². The Kier molecular flexibility index (Phi) is 32.0. The minimum atomic E-state index is -0.670. The molecule has 4 aliphatic rings. The molecular formula is C61H118N18O5. The molecule has 3 saturated carbocycles. The zero-order valence-electron chi connectivity index (χ0n) is 52.5. The van der Waals surface area contributed by atoms with Gasteiger partial charge in [-0.3, -0.25) is 30.6 Å². The Morgan fingerprint density at radius 3 is 1.44 bits per heavy atom. The third kappa shape index (κ3) is 24.8. The zero-order valence-corrected chi connectivity index (χ0v) is 52.5. The molecule has 0 aromatic rings. The van der Waals surface area contributed by atoms with E-state index in [0.29, 0.717) is 141 Å². The first-order valence-corrected chi connectivity index (χ1v) is 32.5. The zero-order chi connectivity index (χ0) is 61.7. The van der Waals surface area contributed by atoms with Crippen molar-refractivity contribution < 1.29 is 23.9 Å². The van der Waals surface area contributed by atoms with Gasteiger partial charge in [0.15, 0.2) is 17.9 Å². The Hall–Kier alpha value is -4.97. The molecule has 84 heavy (non-hydrogen) atoms. The molecule has 0 heterocycles. The smallest absolute Gasteiger partial charge is 0.407 e. The Morgan fingerprint density at radius 1 is 0.548 bits per heavy atom. The lowest BCUT2D eigenvalue weighted by atomic mass is 9.47. The average molecular weight is 1180 g/mol. The number of hydrogen-bond acceptors (Lipinski definition) is 13. The molecule has 4 aliphatic carbocycles. The monoisotopic (exact) mass is 1180 g/mol. The van der Waals surface area contributed by atoms with Crippen LogP contribution in [0.2, 0.25) is 0 Å². The molecular weight excluding hydrogens is 1060 g/mol. The van der Waals surface area contributed by atoms with Crippen molar-refractivity contribution in [2.45, 2.75) is 200 Å². The van der Waals surface area contributed by atoms with Crippen LogP contribution in [0.3, 0.4) is 0 Å². The summed E-state index contributed by atoms with van der Waals surface area (Å²) in [7, 11) is 0. The second kappa shape index (κ2) is 37.6. The Balaban J connectivity index is 1.30. The molecule has 22 N–H and O–H groups in total. The minimum Gasteiger partial charge on any atom is -0.446 e. The van der Waals surface area contributed by atoms with Crippen molar-refractivity contribution in [2.75, 3.05) is 85.1 Å². The van der Waals surface area contributed by atoms with Gasteiger partial charge in [-0.1, -0.05) is 65.5 Å². The summed E-state index contributed by atoms with van der Waals surface area (Å²) in [6, 6.07) is -2.01. The Morgan fingerprint density at radius 2 is 0.988 bits per heavy atom. The van der Waals surface area contributed by atoms with Crippen LogP contribution in [0.15, 0.2) is 11.6 Å². The van der Waals surface area contributed by atoms with Gasteiger partial charge in [0, 0.05) is 52.2 Å². The van der Waals surface area contributed by atoms with Crippen LogP contribution < -0.4 is 71.6 Å². The van der Waals surface area contributed by atoms with E-state index in [4.69, 9.17) is 55.4 Å². The number of allylic oxidation sites excluding steroid dienone is 1. The fourth-order valence-electron chi connectivity index (χ4n) is 14.6. The van der Waals surface area contributed by atoms with Crippen LogP contribution in [0.25, 0.3) is 0 Å². The van der Waals surface area contributed by atoms with E-state index >= 15 is 0 Å². The predicted octanol–water partition coefficient (Wildman–Crippen LogP) is 3.80. The molecule has 11 unspecified atom stereocenters. The predicted molar refractivity (Wildman–Crippen MR) is 338 cm³/mol. The molecule has 23 nitrogen and oxygen atoms in total. The van der Waals surface area contributed by atoms with E-state index in [1.165, 1.54) is 56.9 Å². The van der Waals surface area contributed by atoms with Crippen molar-refractivity contribution in [3.05, 3.63) is 11.6 Å². The lowest BCUT2D eigenvalue weighted by Crippen LogP contribution is -2.51. The van der Waals surface area contributed by atoms with Gasteiger partial charge < -0.3 is 86.2 Å². The number of guanidine groups is 3. The average Bonchev–Trinajstić information content (AvgIpc) is 1.56. The van der Waals surface area contributed by atoms with Gasteiger partial charge in [-0.05, 0) is 201 Å². The van der Waals surface area contributed by atoms with Crippen molar-refractivity contribution in [1.29, 1.82) is 16.2 Å². The highest BCUT2D eigenvalue weighted by Crippen LogP contribution is 2.67. The molecule has 0 aromatic heterocycles. The summed E-state index contributed by atoms with van der Waals surface area (Å²) in [6.45, 7) is 20.0. The molecule has 0 saturated heterocycles. The number of alkyl carbamates (subject to hydrolysis) is 1. The molecule has 4 amide bonds. The molecule has 0 radical (unpaired) electrons. The highest BCUT2D eigenvalue weighted by atomic mass is 16.6. The van der Waals surface area contributed by atoms with Crippen molar-refractivity contribution in [2.24, 2.45) is 80.7 Å². The third-order valence-corrected chi connectivity index (χ3v) is 19.3. The molecule has 0 aromatic carbocycles. The van der Waals surface area contributed by atoms with Crippen LogP contribution in [-0.2, 0) is 19.1 Å². The number of nitrogens with one attached hydrogen (secondary N) is 10. The van der Waals surface area contributed by atoms with Crippen LogP contribution in [0.5, 0.6) is 0 Å². The summed E-state index contributed by atoms with van der Waals surface area (Å²) in [4.78, 5) is 56.6. The number of nitrogens with zero attached hydrogens (tertiary/aromatic N) is 2. The van der Waals surface area contributed by atoms with Gasteiger partial charge in [0.05, 0.1) is 18.1 Å². The summed E-state index contributed by atoms with van der Waals surface area (Å²) in [5.41, 5.74) is 36.7. The standard InChI is InChI=1S/C61H118N18O5/c1-42(2)15-6-16-43(3)47-22-23-48-46-21-20-44-41-45(24-26-60(44,4)49(46)25-27-61(47,48)5)84-59(83)77-34-13-38-79(37-12-33-73-55(82)52(64)19-9-30-76-58(69)70)40-14-39-78(35-10-31-71-53(80)50(62)17-7-28-74-56(65)66)36-11-32-72-54(81)51(63)18-8-29-75-57(67)68/h20,42-43,45-52H,6-19,21-41,62-64H2,1-5H3,(H,71,80)(H,72,81)(H,73,82)(H,77,83)(H4,65,66,74)(H4,67,68,75)(H4,69,70,76). The van der Waals surface area contributed by atoms with Gasteiger partial charge in [-0.15, -0.1) is 0 Å². The molecule has 482 valence electrons. The SMILES string of the molecule is CC(C)CCCC(C)C1CCC2C3CC=C4CC(OC(=O)NCCCN(CCCNC(=O)C(N)CCCNC(=N)N)CCCN(CCCNC(=O)C(N)CCCNC(=N)N)CCCNC(=O)C(N)CCCNC(=N)N)CCC4(C)C3CCC12C. The summed E-state index contributed by atoms with van der Waals surface area (Å²) in [5.74, 6) is 3.67. The lowest BCUT2D eigenvalue weighted by molar-refractivity contribution is -0.123. The van der Waals surface area contributed by atoms with Gasteiger partial charge >= 0.3 is 6.09 Å². The minimum absolute atomic E-state index is 0.116. The van der Waals surface area contributed by atoms with Crippen LogP contribution in [0, 0.1) is 62.6 Å². The number of carbonyl (C=O) groups excluding carboxylic acids is 4.